The molecule has 1 saturated carbocycles. The van der Waals surface area contributed by atoms with Crippen molar-refractivity contribution in [1.29, 1.82) is 0 Å². The first-order valence-corrected chi connectivity index (χ1v) is 10.8. The molecule has 1 amide bonds. The van der Waals surface area contributed by atoms with E-state index in [1.54, 1.807) is 13.0 Å². The van der Waals surface area contributed by atoms with Crippen LogP contribution < -0.4 is 14.8 Å². The molecule has 0 unspecified atom stereocenters. The Labute approximate surface area is 193 Å². The topological polar surface area (TPSA) is 122 Å². The Morgan fingerprint density at radius 1 is 1.30 bits per heavy atom. The van der Waals surface area contributed by atoms with Crippen molar-refractivity contribution < 1.29 is 38.1 Å². The number of carbonyl (C=O) groups excluding carboxylic acids is 3. The van der Waals surface area contributed by atoms with Gasteiger partial charge in [-0.1, -0.05) is 6.08 Å². The van der Waals surface area contributed by atoms with Crippen molar-refractivity contribution in [2.75, 3.05) is 20.5 Å². The van der Waals surface area contributed by atoms with E-state index < -0.39 is 36.8 Å². The lowest BCUT2D eigenvalue weighted by Crippen LogP contribution is -2.43. The Morgan fingerprint density at radius 3 is 2.64 bits per heavy atom. The van der Waals surface area contributed by atoms with Crippen LogP contribution in [-0.4, -0.2) is 61.6 Å². The van der Waals surface area contributed by atoms with E-state index in [0.717, 1.165) is 12.8 Å². The number of carbonyl (C=O) groups is 3. The molecule has 1 aromatic rings. The molecule has 0 spiro atoms. The van der Waals surface area contributed by atoms with Gasteiger partial charge in [0.25, 0.3) is 5.91 Å². The normalized spacial score (nSPS) is 15.5. The van der Waals surface area contributed by atoms with Gasteiger partial charge < -0.3 is 29.0 Å². The average molecular weight is 465 g/mol. The van der Waals surface area contributed by atoms with Crippen molar-refractivity contribution in [3.05, 3.63) is 30.6 Å². The van der Waals surface area contributed by atoms with Gasteiger partial charge in [0.2, 0.25) is 6.79 Å². The second-order valence-corrected chi connectivity index (χ2v) is 7.77. The molecule has 10 heteroatoms. The van der Waals surface area contributed by atoms with Gasteiger partial charge in [-0.25, -0.2) is 9.78 Å². The first-order valence-electron chi connectivity index (χ1n) is 10.8. The van der Waals surface area contributed by atoms with E-state index in [-0.39, 0.29) is 23.3 Å². The molecule has 0 radical (unpaired) electrons. The van der Waals surface area contributed by atoms with Crippen LogP contribution in [0.15, 0.2) is 24.9 Å². The minimum Gasteiger partial charge on any atom is -0.493 e. The van der Waals surface area contributed by atoms with Crippen LogP contribution in [0.4, 0.5) is 0 Å². The number of rotatable bonds is 14. The molecule has 1 aliphatic carbocycles. The molecule has 3 atom stereocenters. The number of ether oxygens (including phenoxy) is 5. The third-order valence-corrected chi connectivity index (χ3v) is 4.94. The Hall–Kier alpha value is -3.14. The number of amides is 1. The smallest absolute Gasteiger partial charge is 0.328 e. The zero-order valence-corrected chi connectivity index (χ0v) is 19.5. The second-order valence-electron chi connectivity index (χ2n) is 7.77. The lowest BCUT2D eigenvalue weighted by atomic mass is 10.1. The van der Waals surface area contributed by atoms with Crippen LogP contribution in [0.25, 0.3) is 0 Å². The lowest BCUT2D eigenvalue weighted by molar-refractivity contribution is -0.158. The number of aromatic nitrogens is 1. The highest BCUT2D eigenvalue weighted by Gasteiger charge is 2.29. The molecule has 0 saturated heterocycles. The van der Waals surface area contributed by atoms with Crippen LogP contribution in [-0.2, 0) is 23.8 Å². The quantitative estimate of drug-likeness (QED) is 0.251. The molecule has 182 valence electrons. The SMILES string of the molecule is C=CC[C@@H](OCC1CC1)[C@H](C)OC(=O)[C@H](C)NC(=O)c1nccc(OC)c1OCOC(C)=O. The number of nitrogens with one attached hydrogen (secondary N) is 1. The molecule has 33 heavy (non-hydrogen) atoms. The highest BCUT2D eigenvalue weighted by atomic mass is 16.7. The molecule has 1 heterocycles. The molecule has 1 aromatic heterocycles. The van der Waals surface area contributed by atoms with E-state index in [9.17, 15) is 14.4 Å². The van der Waals surface area contributed by atoms with Crippen LogP contribution in [0.3, 0.4) is 0 Å². The minimum atomic E-state index is -0.970. The maximum atomic E-state index is 12.8. The fraction of sp³-hybridized carbons (Fsp3) is 0.565. The number of methoxy groups -OCH3 is 1. The van der Waals surface area contributed by atoms with Crippen molar-refractivity contribution in [2.45, 2.75) is 58.3 Å². The van der Waals surface area contributed by atoms with Crippen LogP contribution in [0.1, 0.15) is 50.5 Å². The van der Waals surface area contributed by atoms with Gasteiger partial charge in [-0.3, -0.25) is 9.59 Å². The molecule has 0 bridgehead atoms. The standard InChI is InChI=1S/C23H32N2O8/c1-6-7-18(30-12-17-8-9-17)15(3)33-23(28)14(2)25-22(27)20-21(32-13-31-16(4)26)19(29-5)10-11-24-20/h6,10-11,14-15,17-18H,1,7-9,12-13H2,2-5H3,(H,25,27)/t14-,15-,18+/m0/s1. The maximum Gasteiger partial charge on any atom is 0.328 e. The second kappa shape index (κ2) is 12.8. The van der Waals surface area contributed by atoms with Crippen LogP contribution in [0, 0.1) is 5.92 Å². The van der Waals surface area contributed by atoms with Crippen molar-refractivity contribution in [1.82, 2.24) is 10.3 Å². The Morgan fingerprint density at radius 2 is 2.03 bits per heavy atom. The van der Waals surface area contributed by atoms with Gasteiger partial charge in [-0.05, 0) is 39.0 Å². The summed E-state index contributed by atoms with van der Waals surface area (Å²) in [4.78, 5) is 40.4. The number of nitrogens with zero attached hydrogens (tertiary/aromatic N) is 1. The molecule has 1 fully saturated rings. The lowest BCUT2D eigenvalue weighted by Gasteiger charge is -2.25. The zero-order valence-electron chi connectivity index (χ0n) is 19.5. The molecule has 1 aliphatic rings. The largest absolute Gasteiger partial charge is 0.493 e. The summed E-state index contributed by atoms with van der Waals surface area (Å²) in [7, 11) is 1.39. The first-order chi connectivity index (χ1) is 15.8. The van der Waals surface area contributed by atoms with E-state index >= 15 is 0 Å². The van der Waals surface area contributed by atoms with Crippen molar-refractivity contribution in [3.63, 3.8) is 0 Å². The first kappa shape index (κ1) is 26.1. The number of pyridine rings is 1. The summed E-state index contributed by atoms with van der Waals surface area (Å²) in [6.45, 7) is 8.40. The summed E-state index contributed by atoms with van der Waals surface area (Å²) in [5, 5.41) is 2.54. The summed E-state index contributed by atoms with van der Waals surface area (Å²) >= 11 is 0. The van der Waals surface area contributed by atoms with Gasteiger partial charge in [-0.15, -0.1) is 6.58 Å². The van der Waals surface area contributed by atoms with Gasteiger partial charge in [0.1, 0.15) is 12.1 Å². The summed E-state index contributed by atoms with van der Waals surface area (Å²) in [6.07, 6.45) is 5.10. The minimum absolute atomic E-state index is 0.0211. The summed E-state index contributed by atoms with van der Waals surface area (Å²) < 4.78 is 26.7. The summed E-state index contributed by atoms with van der Waals surface area (Å²) in [5.74, 6) is -1.09. The van der Waals surface area contributed by atoms with Gasteiger partial charge >= 0.3 is 11.9 Å². The molecule has 0 aromatic carbocycles. The summed E-state index contributed by atoms with van der Waals surface area (Å²) in [5.41, 5.74) is -0.133. The average Bonchev–Trinajstić information content (AvgIpc) is 3.60. The fourth-order valence-corrected chi connectivity index (χ4v) is 2.85. The van der Waals surface area contributed by atoms with E-state index in [1.807, 2.05) is 0 Å². The van der Waals surface area contributed by atoms with Crippen molar-refractivity contribution >= 4 is 17.8 Å². The van der Waals surface area contributed by atoms with Crippen LogP contribution in [0.5, 0.6) is 11.5 Å². The molecule has 1 N–H and O–H groups in total. The van der Waals surface area contributed by atoms with E-state index in [0.29, 0.717) is 18.9 Å². The van der Waals surface area contributed by atoms with Crippen molar-refractivity contribution in [2.24, 2.45) is 5.92 Å². The van der Waals surface area contributed by atoms with E-state index in [4.69, 9.17) is 23.7 Å². The Kier molecular flexibility index (Phi) is 10.1. The highest BCUT2D eigenvalue weighted by molar-refractivity contribution is 5.98. The van der Waals surface area contributed by atoms with Crippen molar-refractivity contribution in [3.8, 4) is 11.5 Å². The monoisotopic (exact) mass is 464 g/mol. The number of hydrogen-bond acceptors (Lipinski definition) is 9. The molecule has 2 rings (SSSR count). The fourth-order valence-electron chi connectivity index (χ4n) is 2.85. The predicted octanol–water partition coefficient (Wildman–Crippen LogP) is 2.41. The number of esters is 2. The number of hydrogen-bond donors (Lipinski definition) is 1. The van der Waals surface area contributed by atoms with Crippen LogP contribution in [0.2, 0.25) is 0 Å². The highest BCUT2D eigenvalue weighted by Crippen LogP contribution is 2.30. The van der Waals surface area contributed by atoms with Gasteiger partial charge in [0.15, 0.2) is 17.2 Å². The van der Waals surface area contributed by atoms with Gasteiger partial charge in [-0.2, -0.15) is 0 Å². The summed E-state index contributed by atoms with van der Waals surface area (Å²) in [6, 6.07) is 0.516. The third kappa shape index (κ3) is 8.38. The predicted molar refractivity (Wildman–Crippen MR) is 118 cm³/mol. The van der Waals surface area contributed by atoms with Crippen LogP contribution >= 0.6 is 0 Å². The Bertz CT molecular complexity index is 840. The maximum absolute atomic E-state index is 12.8. The van der Waals surface area contributed by atoms with E-state index in [2.05, 4.69) is 16.9 Å². The third-order valence-electron chi connectivity index (χ3n) is 4.94. The molecule has 10 nitrogen and oxygen atoms in total. The molecule has 0 aliphatic heterocycles. The van der Waals surface area contributed by atoms with Gasteiger partial charge in [0.05, 0.1) is 13.2 Å². The van der Waals surface area contributed by atoms with Gasteiger partial charge in [0, 0.05) is 25.8 Å². The molecular weight excluding hydrogens is 432 g/mol. The Balaban J connectivity index is 1.99. The zero-order chi connectivity index (χ0) is 24.4. The van der Waals surface area contributed by atoms with E-state index in [1.165, 1.54) is 33.2 Å². The molecular formula is C23H32N2O8.